The van der Waals surface area contributed by atoms with Crippen LogP contribution in [0.25, 0.3) is 0 Å². The van der Waals surface area contributed by atoms with Gasteiger partial charge in [-0.15, -0.1) is 0 Å². The average molecular weight is 330 g/mol. The van der Waals surface area contributed by atoms with E-state index in [1.807, 2.05) is 0 Å². The van der Waals surface area contributed by atoms with Crippen LogP contribution in [0.1, 0.15) is 110 Å². The Bertz CT molecular complexity index is 153. The molecule has 0 aromatic carbocycles. The van der Waals surface area contributed by atoms with Gasteiger partial charge in [0.15, 0.2) is 0 Å². The Balaban J connectivity index is 2.90. The maximum Gasteiger partial charge on any atom is -0.0242 e. The van der Waals surface area contributed by atoms with Gasteiger partial charge in [-0.05, 0) is 41.7 Å². The molecule has 0 amide bonds. The van der Waals surface area contributed by atoms with E-state index >= 15 is 0 Å². The van der Waals surface area contributed by atoms with Crippen molar-refractivity contribution in [2.45, 2.75) is 110 Å². The summed E-state index contributed by atoms with van der Waals surface area (Å²) in [5.74, 6) is 0. The van der Waals surface area contributed by atoms with E-state index in [9.17, 15) is 0 Å². The Morgan fingerprint density at radius 3 is 1.00 bits per heavy atom. The molecular formula is C19H40P2. The molecule has 0 saturated heterocycles. The van der Waals surface area contributed by atoms with Gasteiger partial charge in [-0.2, -0.15) is 0 Å². The lowest BCUT2D eigenvalue weighted by Gasteiger charge is -2.03. The van der Waals surface area contributed by atoms with E-state index < -0.39 is 0 Å². The minimum Gasteiger partial charge on any atom is -0.0654 e. The minimum atomic E-state index is 1.37. The molecule has 0 aliphatic rings. The Labute approximate surface area is 139 Å². The van der Waals surface area contributed by atoms with E-state index in [1.165, 1.54) is 109 Å². The van der Waals surface area contributed by atoms with Crippen LogP contribution in [0.5, 0.6) is 0 Å². The molecule has 21 heavy (non-hydrogen) atoms. The lowest BCUT2D eigenvalue weighted by molar-refractivity contribution is 0.586. The van der Waals surface area contributed by atoms with E-state index in [0.29, 0.717) is 0 Å². The van der Waals surface area contributed by atoms with Crippen LogP contribution < -0.4 is 0 Å². The summed E-state index contributed by atoms with van der Waals surface area (Å²) >= 11 is 0. The first-order valence-electron chi connectivity index (χ1n) is 9.75. The molecule has 0 fully saturated rings. The lowest BCUT2D eigenvalue weighted by atomic mass is 10.1. The summed E-state index contributed by atoms with van der Waals surface area (Å²) in [5.41, 5.74) is 0. The Morgan fingerprint density at radius 1 is 0.381 bits per heavy atom. The quantitative estimate of drug-likeness (QED) is 0.174. The summed E-state index contributed by atoms with van der Waals surface area (Å²) in [6.45, 7) is 4.59. The third-order valence-corrected chi connectivity index (χ3v) is 7.11. The van der Waals surface area contributed by atoms with Crippen molar-refractivity contribution in [1.29, 1.82) is 0 Å². The highest BCUT2D eigenvalue weighted by atomic mass is 32.0. The van der Waals surface area contributed by atoms with Gasteiger partial charge in [0.25, 0.3) is 0 Å². The molecule has 0 unspecified atom stereocenters. The van der Waals surface area contributed by atoms with E-state index in [4.69, 9.17) is 0 Å². The molecule has 0 saturated carbocycles. The SMILES string of the molecule is CCCCCCCCCC[P][P]CCCCCCCCC. The zero-order valence-electron chi connectivity index (χ0n) is 14.9. The fourth-order valence-electron chi connectivity index (χ4n) is 2.60. The van der Waals surface area contributed by atoms with Crippen molar-refractivity contribution in [3.8, 4) is 0 Å². The van der Waals surface area contributed by atoms with Crippen LogP contribution in [0, 0.1) is 0 Å². The minimum absolute atomic E-state index is 1.37. The Kier molecular flexibility index (Phi) is 21.7. The van der Waals surface area contributed by atoms with Gasteiger partial charge in [0.1, 0.15) is 0 Å². The zero-order chi connectivity index (χ0) is 15.4. The van der Waals surface area contributed by atoms with Crippen LogP contribution in [0.4, 0.5) is 0 Å². The summed E-state index contributed by atoms with van der Waals surface area (Å²) in [7, 11) is 3.40. The highest BCUT2D eigenvalue weighted by molar-refractivity contribution is 8.11. The number of unbranched alkanes of at least 4 members (excludes halogenated alkanes) is 13. The molecule has 126 valence electrons. The predicted octanol–water partition coefficient (Wildman–Crippen LogP) is 8.69. The molecule has 0 spiro atoms. The summed E-state index contributed by atoms with van der Waals surface area (Å²) in [5, 5.41) is 0. The smallest absolute Gasteiger partial charge is 0.0242 e. The van der Waals surface area contributed by atoms with Gasteiger partial charge in [-0.1, -0.05) is 97.3 Å². The van der Waals surface area contributed by atoms with Gasteiger partial charge in [-0.3, -0.25) is 0 Å². The number of rotatable bonds is 18. The molecule has 0 aliphatic heterocycles. The van der Waals surface area contributed by atoms with E-state index in [1.54, 1.807) is 16.5 Å². The standard InChI is InChI=1S/C19H40P2/c1-3-5-7-9-11-13-15-17-19-21-20-18-16-14-12-10-8-6-4-2/h3-19H2,1-2H3. The Hall–Kier alpha value is 0.860. The topological polar surface area (TPSA) is 0 Å². The Morgan fingerprint density at radius 2 is 0.667 bits per heavy atom. The maximum absolute atomic E-state index is 2.30. The third-order valence-electron chi connectivity index (χ3n) is 4.07. The van der Waals surface area contributed by atoms with Crippen molar-refractivity contribution in [3.63, 3.8) is 0 Å². The molecule has 0 bridgehead atoms. The monoisotopic (exact) mass is 330 g/mol. The molecule has 0 heterocycles. The van der Waals surface area contributed by atoms with Gasteiger partial charge < -0.3 is 0 Å². The second-order valence-electron chi connectivity index (χ2n) is 6.33. The van der Waals surface area contributed by atoms with Crippen LogP contribution in [0.15, 0.2) is 0 Å². The fourth-order valence-corrected chi connectivity index (χ4v) is 5.31. The first-order chi connectivity index (χ1) is 10.4. The van der Waals surface area contributed by atoms with E-state index in [2.05, 4.69) is 13.8 Å². The highest BCUT2D eigenvalue weighted by Crippen LogP contribution is 2.38. The third kappa shape index (κ3) is 20.9. The molecule has 2 heteroatoms. The normalized spacial score (nSPS) is 12.3. The number of hydrogen-bond acceptors (Lipinski definition) is 0. The molecule has 0 nitrogen and oxygen atoms in total. The predicted molar refractivity (Wildman–Crippen MR) is 104 cm³/mol. The summed E-state index contributed by atoms with van der Waals surface area (Å²) in [6.07, 6.45) is 24.7. The first kappa shape index (κ1) is 21.9. The molecule has 2 radical (unpaired) electrons. The van der Waals surface area contributed by atoms with Crippen molar-refractivity contribution in [2.24, 2.45) is 0 Å². The van der Waals surface area contributed by atoms with Crippen LogP contribution in [-0.4, -0.2) is 12.3 Å². The van der Waals surface area contributed by atoms with Crippen LogP contribution >= 0.6 is 16.5 Å². The molecule has 0 aromatic heterocycles. The largest absolute Gasteiger partial charge is 0.0654 e. The van der Waals surface area contributed by atoms with Crippen molar-refractivity contribution >= 4 is 16.5 Å². The fraction of sp³-hybridized carbons (Fsp3) is 1.00. The van der Waals surface area contributed by atoms with Gasteiger partial charge in [0, 0.05) is 0 Å². The molecule has 0 rings (SSSR count). The molecule has 0 N–H and O–H groups in total. The second kappa shape index (κ2) is 20.9. The van der Waals surface area contributed by atoms with Crippen LogP contribution in [0.2, 0.25) is 0 Å². The average Bonchev–Trinajstić information content (AvgIpc) is 2.50. The number of hydrogen-bond donors (Lipinski definition) is 0. The molecule has 0 aliphatic carbocycles. The van der Waals surface area contributed by atoms with E-state index in [0.717, 1.165) is 0 Å². The maximum atomic E-state index is 2.30. The molecule has 0 atom stereocenters. The highest BCUT2D eigenvalue weighted by Gasteiger charge is 1.95. The summed E-state index contributed by atoms with van der Waals surface area (Å²) < 4.78 is 0. The van der Waals surface area contributed by atoms with Crippen LogP contribution in [0.3, 0.4) is 0 Å². The lowest BCUT2D eigenvalue weighted by Crippen LogP contribution is -1.82. The van der Waals surface area contributed by atoms with Gasteiger partial charge in [0.05, 0.1) is 0 Å². The summed E-state index contributed by atoms with van der Waals surface area (Å²) in [6, 6.07) is 0. The molecular weight excluding hydrogens is 290 g/mol. The van der Waals surface area contributed by atoms with Crippen molar-refractivity contribution in [1.82, 2.24) is 0 Å². The second-order valence-corrected chi connectivity index (χ2v) is 9.48. The zero-order valence-corrected chi connectivity index (χ0v) is 16.7. The van der Waals surface area contributed by atoms with Crippen molar-refractivity contribution in [2.75, 3.05) is 12.3 Å². The molecule has 0 aromatic rings. The van der Waals surface area contributed by atoms with E-state index in [-0.39, 0.29) is 0 Å². The van der Waals surface area contributed by atoms with Gasteiger partial charge >= 0.3 is 0 Å². The van der Waals surface area contributed by atoms with Crippen molar-refractivity contribution < 1.29 is 0 Å². The van der Waals surface area contributed by atoms with Gasteiger partial charge in [-0.25, -0.2) is 0 Å². The first-order valence-corrected chi connectivity index (χ1v) is 12.6. The summed E-state index contributed by atoms with van der Waals surface area (Å²) in [4.78, 5) is 0. The van der Waals surface area contributed by atoms with Crippen molar-refractivity contribution in [3.05, 3.63) is 0 Å². The van der Waals surface area contributed by atoms with Gasteiger partial charge in [0.2, 0.25) is 0 Å². The van der Waals surface area contributed by atoms with Crippen LogP contribution in [-0.2, 0) is 0 Å².